The SMILES string of the molecule is Cc1[nH]c(SCC(=O)NC(C)c2ccc(Cl)cc2)nc1Cc1ccccc1. The number of nitrogens with zero attached hydrogens (tertiary/aromatic N) is 1. The van der Waals surface area contributed by atoms with Crippen LogP contribution in [0.3, 0.4) is 0 Å². The molecular formula is C21H22ClN3OS. The number of rotatable bonds is 7. The first-order valence-corrected chi connectivity index (χ1v) is 10.1. The third-order valence-corrected chi connectivity index (χ3v) is 5.39. The zero-order valence-electron chi connectivity index (χ0n) is 15.3. The molecule has 2 N–H and O–H groups in total. The first kappa shape index (κ1) is 19.5. The molecular weight excluding hydrogens is 378 g/mol. The Bertz CT molecular complexity index is 894. The maximum Gasteiger partial charge on any atom is 0.230 e. The number of aromatic amines is 1. The van der Waals surface area contributed by atoms with Crippen LogP contribution in [-0.2, 0) is 11.2 Å². The molecule has 1 aromatic heterocycles. The number of aromatic nitrogens is 2. The van der Waals surface area contributed by atoms with Gasteiger partial charge in [-0.15, -0.1) is 0 Å². The molecule has 0 saturated carbocycles. The Labute approximate surface area is 168 Å². The summed E-state index contributed by atoms with van der Waals surface area (Å²) < 4.78 is 0. The molecule has 0 spiro atoms. The van der Waals surface area contributed by atoms with Crippen molar-refractivity contribution >= 4 is 29.3 Å². The monoisotopic (exact) mass is 399 g/mol. The maximum absolute atomic E-state index is 12.3. The number of thioether (sulfide) groups is 1. The summed E-state index contributed by atoms with van der Waals surface area (Å²) in [6.07, 6.45) is 0.781. The summed E-state index contributed by atoms with van der Waals surface area (Å²) in [5.74, 6) is 0.288. The van der Waals surface area contributed by atoms with Crippen molar-refractivity contribution in [2.24, 2.45) is 0 Å². The molecule has 27 heavy (non-hydrogen) atoms. The van der Waals surface area contributed by atoms with Crippen LogP contribution in [0.25, 0.3) is 0 Å². The molecule has 0 aliphatic carbocycles. The third kappa shape index (κ3) is 5.62. The number of carbonyl (C=O) groups excluding carboxylic acids is 1. The predicted octanol–water partition coefficient (Wildman–Crippen LogP) is 4.93. The lowest BCUT2D eigenvalue weighted by Gasteiger charge is -2.14. The molecule has 0 fully saturated rings. The van der Waals surface area contributed by atoms with Gasteiger partial charge in [0.25, 0.3) is 0 Å². The number of hydrogen-bond acceptors (Lipinski definition) is 3. The third-order valence-electron chi connectivity index (χ3n) is 4.27. The van der Waals surface area contributed by atoms with Crippen LogP contribution < -0.4 is 5.32 Å². The second-order valence-corrected chi connectivity index (χ2v) is 7.81. The lowest BCUT2D eigenvalue weighted by Crippen LogP contribution is -2.28. The number of H-pyrrole nitrogens is 1. The van der Waals surface area contributed by atoms with Crippen LogP contribution in [0.2, 0.25) is 5.02 Å². The molecule has 2 aromatic carbocycles. The van der Waals surface area contributed by atoms with E-state index in [0.717, 1.165) is 28.5 Å². The average molecular weight is 400 g/mol. The van der Waals surface area contributed by atoms with E-state index in [1.165, 1.54) is 17.3 Å². The molecule has 1 heterocycles. The number of benzene rings is 2. The molecule has 0 bridgehead atoms. The highest BCUT2D eigenvalue weighted by molar-refractivity contribution is 7.99. The Balaban J connectivity index is 1.53. The number of carbonyl (C=O) groups is 1. The Morgan fingerprint density at radius 3 is 2.59 bits per heavy atom. The molecule has 0 saturated heterocycles. The zero-order chi connectivity index (χ0) is 19.2. The lowest BCUT2D eigenvalue weighted by molar-refractivity contribution is -0.119. The van der Waals surface area contributed by atoms with Crippen LogP contribution in [0.15, 0.2) is 59.8 Å². The summed E-state index contributed by atoms with van der Waals surface area (Å²) in [7, 11) is 0. The number of imidazole rings is 1. The van der Waals surface area contributed by atoms with Gasteiger partial charge >= 0.3 is 0 Å². The highest BCUT2D eigenvalue weighted by atomic mass is 35.5. The van der Waals surface area contributed by atoms with Crippen molar-refractivity contribution in [3.8, 4) is 0 Å². The zero-order valence-corrected chi connectivity index (χ0v) is 16.9. The molecule has 140 valence electrons. The topological polar surface area (TPSA) is 57.8 Å². The van der Waals surface area contributed by atoms with E-state index in [1.807, 2.05) is 56.3 Å². The van der Waals surface area contributed by atoms with Crippen molar-refractivity contribution in [1.82, 2.24) is 15.3 Å². The fourth-order valence-electron chi connectivity index (χ4n) is 2.75. The Morgan fingerprint density at radius 2 is 1.89 bits per heavy atom. The molecule has 4 nitrogen and oxygen atoms in total. The predicted molar refractivity (Wildman–Crippen MR) is 111 cm³/mol. The summed E-state index contributed by atoms with van der Waals surface area (Å²) >= 11 is 7.32. The van der Waals surface area contributed by atoms with E-state index in [0.29, 0.717) is 10.8 Å². The molecule has 3 aromatic rings. The van der Waals surface area contributed by atoms with E-state index in [9.17, 15) is 4.79 Å². The summed E-state index contributed by atoms with van der Waals surface area (Å²) in [5.41, 5.74) is 4.30. The van der Waals surface area contributed by atoms with Crippen LogP contribution in [0.5, 0.6) is 0 Å². The van der Waals surface area contributed by atoms with Crippen molar-refractivity contribution < 1.29 is 4.79 Å². The van der Waals surface area contributed by atoms with Crippen molar-refractivity contribution in [2.45, 2.75) is 31.5 Å². The fourth-order valence-corrected chi connectivity index (χ4v) is 3.63. The summed E-state index contributed by atoms with van der Waals surface area (Å²) in [6, 6.07) is 17.7. The highest BCUT2D eigenvalue weighted by Crippen LogP contribution is 2.20. The van der Waals surface area contributed by atoms with Gasteiger partial charge in [0.15, 0.2) is 5.16 Å². The van der Waals surface area contributed by atoms with E-state index in [2.05, 4.69) is 27.4 Å². The van der Waals surface area contributed by atoms with E-state index < -0.39 is 0 Å². The van der Waals surface area contributed by atoms with E-state index >= 15 is 0 Å². The Kier molecular flexibility index (Phi) is 6.58. The quantitative estimate of drug-likeness (QED) is 0.553. The summed E-state index contributed by atoms with van der Waals surface area (Å²) in [4.78, 5) is 20.2. The van der Waals surface area contributed by atoms with Gasteiger partial charge in [0, 0.05) is 17.1 Å². The summed E-state index contributed by atoms with van der Waals surface area (Å²) in [6.45, 7) is 3.97. The van der Waals surface area contributed by atoms with Gasteiger partial charge in [0.1, 0.15) is 0 Å². The Morgan fingerprint density at radius 1 is 1.19 bits per heavy atom. The van der Waals surface area contributed by atoms with Gasteiger partial charge in [-0.2, -0.15) is 0 Å². The van der Waals surface area contributed by atoms with Gasteiger partial charge in [-0.1, -0.05) is 65.8 Å². The maximum atomic E-state index is 12.3. The molecule has 0 radical (unpaired) electrons. The van der Waals surface area contributed by atoms with Crippen LogP contribution in [-0.4, -0.2) is 21.6 Å². The molecule has 0 aliphatic rings. The molecule has 3 rings (SSSR count). The fraction of sp³-hybridized carbons (Fsp3) is 0.238. The molecule has 1 atom stereocenters. The minimum atomic E-state index is -0.0673. The normalized spacial score (nSPS) is 12.0. The second kappa shape index (κ2) is 9.11. The molecule has 0 aliphatic heterocycles. The number of hydrogen-bond donors (Lipinski definition) is 2. The first-order chi connectivity index (χ1) is 13.0. The number of aryl methyl sites for hydroxylation is 1. The number of nitrogens with one attached hydrogen (secondary N) is 2. The van der Waals surface area contributed by atoms with Gasteiger partial charge in [0.05, 0.1) is 17.5 Å². The molecule has 1 unspecified atom stereocenters. The van der Waals surface area contributed by atoms with Gasteiger partial charge in [-0.25, -0.2) is 4.98 Å². The highest BCUT2D eigenvalue weighted by Gasteiger charge is 2.12. The van der Waals surface area contributed by atoms with E-state index in [1.54, 1.807) is 0 Å². The van der Waals surface area contributed by atoms with Crippen LogP contribution in [0, 0.1) is 6.92 Å². The van der Waals surface area contributed by atoms with Gasteiger partial charge in [-0.05, 0) is 37.1 Å². The van der Waals surface area contributed by atoms with Crippen LogP contribution in [0.4, 0.5) is 0 Å². The summed E-state index contributed by atoms with van der Waals surface area (Å²) in [5, 5.41) is 4.46. The first-order valence-electron chi connectivity index (χ1n) is 8.78. The van der Waals surface area contributed by atoms with Crippen molar-refractivity contribution in [2.75, 3.05) is 5.75 Å². The van der Waals surface area contributed by atoms with Crippen LogP contribution >= 0.6 is 23.4 Å². The van der Waals surface area contributed by atoms with Gasteiger partial charge in [0.2, 0.25) is 5.91 Å². The minimum Gasteiger partial charge on any atom is -0.349 e. The molecule has 6 heteroatoms. The van der Waals surface area contributed by atoms with Crippen molar-refractivity contribution in [3.05, 3.63) is 82.1 Å². The second-order valence-electron chi connectivity index (χ2n) is 6.41. The van der Waals surface area contributed by atoms with Crippen molar-refractivity contribution in [3.63, 3.8) is 0 Å². The van der Waals surface area contributed by atoms with Gasteiger partial charge < -0.3 is 10.3 Å². The van der Waals surface area contributed by atoms with E-state index in [4.69, 9.17) is 11.6 Å². The lowest BCUT2D eigenvalue weighted by atomic mass is 10.1. The number of halogens is 1. The van der Waals surface area contributed by atoms with Crippen molar-refractivity contribution in [1.29, 1.82) is 0 Å². The standard InChI is InChI=1S/C21H22ClN3OS/c1-14(17-8-10-18(22)11-9-17)23-20(26)13-27-21-24-15(2)19(25-21)12-16-6-4-3-5-7-16/h3-11,14H,12-13H2,1-2H3,(H,23,26)(H,24,25). The largest absolute Gasteiger partial charge is 0.349 e. The van der Waals surface area contributed by atoms with E-state index in [-0.39, 0.29) is 11.9 Å². The number of amides is 1. The average Bonchev–Trinajstić information content (AvgIpc) is 3.01. The Hall–Kier alpha value is -2.24. The minimum absolute atomic E-state index is 0.0267. The molecule has 1 amide bonds. The smallest absolute Gasteiger partial charge is 0.230 e. The van der Waals surface area contributed by atoms with Gasteiger partial charge in [-0.3, -0.25) is 4.79 Å². The van der Waals surface area contributed by atoms with Crippen LogP contribution in [0.1, 0.15) is 35.5 Å².